The Hall–Kier alpha value is -2.61. The van der Waals surface area contributed by atoms with Crippen molar-refractivity contribution in [3.63, 3.8) is 0 Å². The Kier molecular flexibility index (Phi) is 5.35. The molecule has 1 heterocycles. The van der Waals surface area contributed by atoms with Gasteiger partial charge in [-0.3, -0.25) is 14.3 Å². The molecule has 170 valence electrons. The van der Waals surface area contributed by atoms with Gasteiger partial charge in [0.2, 0.25) is 5.91 Å². The van der Waals surface area contributed by atoms with Crippen LogP contribution in [0.2, 0.25) is 5.02 Å². The molecule has 7 nitrogen and oxygen atoms in total. The molecule has 3 aliphatic carbocycles. The number of fused-ring (bicyclic) bond motifs is 1. The Morgan fingerprint density at radius 1 is 1.19 bits per heavy atom. The van der Waals surface area contributed by atoms with Crippen molar-refractivity contribution in [3.05, 3.63) is 40.3 Å². The van der Waals surface area contributed by atoms with Gasteiger partial charge in [-0.2, -0.15) is 5.10 Å². The highest BCUT2D eigenvalue weighted by atomic mass is 35.5. The number of benzene rings is 1. The van der Waals surface area contributed by atoms with E-state index in [1.54, 1.807) is 7.05 Å². The lowest BCUT2D eigenvalue weighted by atomic mass is 9.93. The lowest BCUT2D eigenvalue weighted by Gasteiger charge is -2.15. The number of rotatable bonds is 5. The summed E-state index contributed by atoms with van der Waals surface area (Å²) in [7, 11) is 1.72. The fraction of sp³-hybridized carbons (Fsp3) is 0.522. The number of carbonyl (C=O) groups is 2. The van der Waals surface area contributed by atoms with Gasteiger partial charge in [-0.25, -0.2) is 4.39 Å². The first-order valence-electron chi connectivity index (χ1n) is 11.2. The van der Waals surface area contributed by atoms with E-state index >= 15 is 0 Å². The molecular weight excluding hydrogens is 433 g/mol. The highest BCUT2D eigenvalue weighted by Crippen LogP contribution is 2.53. The van der Waals surface area contributed by atoms with Crippen molar-refractivity contribution in [3.8, 4) is 0 Å². The molecule has 0 aliphatic heterocycles. The van der Waals surface area contributed by atoms with Gasteiger partial charge in [-0.1, -0.05) is 11.6 Å². The van der Waals surface area contributed by atoms with Gasteiger partial charge in [0.15, 0.2) is 0 Å². The van der Waals surface area contributed by atoms with Crippen molar-refractivity contribution in [2.24, 2.45) is 24.8 Å². The molecular formula is C23H27ClFN5O2. The van der Waals surface area contributed by atoms with Crippen molar-refractivity contribution < 1.29 is 14.0 Å². The van der Waals surface area contributed by atoms with Crippen LogP contribution in [0.15, 0.2) is 18.2 Å². The average molecular weight is 460 g/mol. The summed E-state index contributed by atoms with van der Waals surface area (Å²) in [6, 6.07) is 4.43. The maximum Gasteiger partial charge on any atom is 0.261 e. The second kappa shape index (κ2) is 8.06. The second-order valence-corrected chi connectivity index (χ2v) is 9.90. The maximum absolute atomic E-state index is 13.4. The fourth-order valence-corrected chi connectivity index (χ4v) is 5.63. The molecule has 3 aliphatic rings. The van der Waals surface area contributed by atoms with Crippen LogP contribution >= 0.6 is 11.6 Å². The van der Waals surface area contributed by atoms with E-state index in [1.807, 2.05) is 0 Å². The Bertz CT molecular complexity index is 1070. The Morgan fingerprint density at radius 2 is 1.88 bits per heavy atom. The molecule has 3 saturated carbocycles. The molecule has 5 rings (SSSR count). The summed E-state index contributed by atoms with van der Waals surface area (Å²) in [5.41, 5.74) is 7.66. The number of nitrogens with zero attached hydrogens (tertiary/aromatic N) is 2. The third-order valence-corrected chi connectivity index (χ3v) is 7.51. The number of hydrogen-bond donors (Lipinski definition) is 3. The largest absolute Gasteiger partial charge is 0.383 e. The number of carbonyl (C=O) groups excluding carboxylic acids is 2. The summed E-state index contributed by atoms with van der Waals surface area (Å²) in [6.07, 6.45) is 5.80. The zero-order valence-electron chi connectivity index (χ0n) is 17.9. The third kappa shape index (κ3) is 3.96. The number of nitrogens with one attached hydrogen (secondary N) is 2. The monoisotopic (exact) mass is 459 g/mol. The SMILES string of the molecule is Cn1nc(C2CC3CC(C(=O)NC4CC4)CC3C2)c(C(=O)Nc2ccc(F)c(Cl)c2)c1N. The average Bonchev–Trinajstić information content (AvgIpc) is 3.20. The smallest absolute Gasteiger partial charge is 0.261 e. The molecule has 0 saturated heterocycles. The number of anilines is 2. The molecule has 2 aromatic rings. The predicted molar refractivity (Wildman–Crippen MR) is 120 cm³/mol. The number of nitrogens with two attached hydrogens (primary N) is 1. The number of amides is 2. The first kappa shape index (κ1) is 21.2. The van der Waals surface area contributed by atoms with Crippen LogP contribution in [0, 0.1) is 23.6 Å². The van der Waals surface area contributed by atoms with Gasteiger partial charge < -0.3 is 16.4 Å². The van der Waals surface area contributed by atoms with Crippen molar-refractivity contribution in [1.82, 2.24) is 15.1 Å². The minimum absolute atomic E-state index is 0.0638. The van der Waals surface area contributed by atoms with Crippen molar-refractivity contribution in [2.45, 2.75) is 50.5 Å². The minimum Gasteiger partial charge on any atom is -0.383 e. The van der Waals surface area contributed by atoms with Crippen LogP contribution in [0.25, 0.3) is 0 Å². The van der Waals surface area contributed by atoms with Crippen molar-refractivity contribution in [2.75, 3.05) is 11.1 Å². The van der Waals surface area contributed by atoms with Crippen LogP contribution in [0.5, 0.6) is 0 Å². The summed E-state index contributed by atoms with van der Waals surface area (Å²) >= 11 is 5.84. The standard InChI is InChI=1S/C23H27ClFN5O2/c1-30-21(26)19(23(32)28-16-4-5-18(25)17(24)10-16)20(29-30)13-6-11-8-14(9-12(11)7-13)22(31)27-15-2-3-15/h4-5,10-15H,2-3,6-9,26H2,1H3,(H,27,31)(H,28,32). The minimum atomic E-state index is -0.548. The molecule has 1 aromatic heterocycles. The number of nitrogen functional groups attached to an aromatic ring is 1. The molecule has 1 aromatic carbocycles. The summed E-state index contributed by atoms with van der Waals surface area (Å²) in [5.74, 6) is 0.725. The molecule has 3 fully saturated rings. The highest BCUT2D eigenvalue weighted by Gasteiger charge is 2.46. The summed E-state index contributed by atoms with van der Waals surface area (Å²) in [6.45, 7) is 0. The molecule has 32 heavy (non-hydrogen) atoms. The van der Waals surface area contributed by atoms with E-state index in [4.69, 9.17) is 17.3 Å². The molecule has 0 radical (unpaired) electrons. The normalized spacial score (nSPS) is 26.7. The third-order valence-electron chi connectivity index (χ3n) is 7.22. The van der Waals surface area contributed by atoms with E-state index in [0.717, 1.165) is 38.5 Å². The molecule has 2 atom stereocenters. The molecule has 4 N–H and O–H groups in total. The second-order valence-electron chi connectivity index (χ2n) is 9.49. The first-order chi connectivity index (χ1) is 15.3. The predicted octanol–water partition coefficient (Wildman–Crippen LogP) is 3.85. The number of aryl methyl sites for hydroxylation is 1. The quantitative estimate of drug-likeness (QED) is 0.632. The van der Waals surface area contributed by atoms with Crippen LogP contribution in [-0.2, 0) is 11.8 Å². The Morgan fingerprint density at radius 3 is 2.50 bits per heavy atom. The number of aromatic nitrogens is 2. The van der Waals surface area contributed by atoms with Crippen LogP contribution in [-0.4, -0.2) is 27.6 Å². The zero-order valence-corrected chi connectivity index (χ0v) is 18.7. The van der Waals surface area contributed by atoms with Gasteiger partial charge in [0.05, 0.1) is 10.7 Å². The summed E-state index contributed by atoms with van der Waals surface area (Å²) in [4.78, 5) is 25.5. The summed E-state index contributed by atoms with van der Waals surface area (Å²) in [5, 5.41) is 10.4. The number of hydrogen-bond acceptors (Lipinski definition) is 4. The van der Waals surface area contributed by atoms with Crippen molar-refractivity contribution in [1.29, 1.82) is 0 Å². The van der Waals surface area contributed by atoms with Gasteiger partial charge in [-0.05, 0) is 68.6 Å². The molecule has 0 bridgehead atoms. The Labute approximate surface area is 190 Å². The van der Waals surface area contributed by atoms with Gasteiger partial charge in [-0.15, -0.1) is 0 Å². The van der Waals surface area contributed by atoms with E-state index in [0.29, 0.717) is 40.6 Å². The van der Waals surface area contributed by atoms with E-state index in [1.165, 1.54) is 22.9 Å². The van der Waals surface area contributed by atoms with Gasteiger partial charge in [0, 0.05) is 30.6 Å². The molecule has 2 unspecified atom stereocenters. The maximum atomic E-state index is 13.4. The topological polar surface area (TPSA) is 102 Å². The van der Waals surface area contributed by atoms with Crippen molar-refractivity contribution >= 4 is 34.9 Å². The van der Waals surface area contributed by atoms with Crippen LogP contribution in [0.3, 0.4) is 0 Å². The van der Waals surface area contributed by atoms with Gasteiger partial charge in [0.25, 0.3) is 5.91 Å². The lowest BCUT2D eigenvalue weighted by Crippen LogP contribution is -2.31. The van der Waals surface area contributed by atoms with E-state index in [9.17, 15) is 14.0 Å². The first-order valence-corrected chi connectivity index (χ1v) is 11.6. The Balaban J connectivity index is 1.30. The van der Waals surface area contributed by atoms with Gasteiger partial charge >= 0.3 is 0 Å². The van der Waals surface area contributed by atoms with Crippen LogP contribution in [0.1, 0.15) is 60.5 Å². The van der Waals surface area contributed by atoms with E-state index in [-0.39, 0.29) is 28.7 Å². The van der Waals surface area contributed by atoms with Gasteiger partial charge in [0.1, 0.15) is 17.2 Å². The summed E-state index contributed by atoms with van der Waals surface area (Å²) < 4.78 is 15.0. The van der Waals surface area contributed by atoms with Crippen LogP contribution < -0.4 is 16.4 Å². The zero-order chi connectivity index (χ0) is 22.6. The molecule has 9 heteroatoms. The fourth-order valence-electron chi connectivity index (χ4n) is 5.44. The van der Waals surface area contributed by atoms with E-state index in [2.05, 4.69) is 15.7 Å². The number of halogens is 2. The molecule has 2 amide bonds. The highest BCUT2D eigenvalue weighted by molar-refractivity contribution is 6.31. The molecule has 0 spiro atoms. The van der Waals surface area contributed by atoms with Crippen LogP contribution in [0.4, 0.5) is 15.9 Å². The lowest BCUT2D eigenvalue weighted by molar-refractivity contribution is -0.125. The van der Waals surface area contributed by atoms with E-state index < -0.39 is 5.82 Å².